The third kappa shape index (κ3) is 9.65. The fraction of sp³-hybridized carbons (Fsp3) is 0.722. The number of rotatable bonds is 13. The highest BCUT2D eigenvalue weighted by atomic mass is 16.4. The molecule has 0 rings (SSSR count). The predicted molar refractivity (Wildman–Crippen MR) is 107 cm³/mol. The molecule has 0 aliphatic carbocycles. The molecule has 30 heavy (non-hydrogen) atoms. The number of hydrogen-bond acceptors (Lipinski definition) is 7. The molecule has 12 nitrogen and oxygen atoms in total. The van der Waals surface area contributed by atoms with Gasteiger partial charge in [0.1, 0.15) is 18.1 Å². The van der Waals surface area contributed by atoms with Crippen molar-refractivity contribution >= 4 is 29.6 Å². The van der Waals surface area contributed by atoms with Gasteiger partial charge < -0.3 is 37.6 Å². The Kier molecular flexibility index (Phi) is 11.6. The topological polar surface area (TPSA) is 214 Å². The minimum absolute atomic E-state index is 0.0350. The van der Waals surface area contributed by atoms with E-state index in [2.05, 4.69) is 16.0 Å². The molecule has 4 atom stereocenters. The normalized spacial score (nSPS) is 15.1. The molecular weight excluding hydrogens is 398 g/mol. The third-order valence-electron chi connectivity index (χ3n) is 4.14. The Hall–Kier alpha value is -2.73. The Labute approximate surface area is 175 Å². The second kappa shape index (κ2) is 12.8. The van der Waals surface area contributed by atoms with Crippen molar-refractivity contribution in [2.75, 3.05) is 6.61 Å². The Morgan fingerprint density at radius 3 is 1.77 bits per heavy atom. The summed E-state index contributed by atoms with van der Waals surface area (Å²) < 4.78 is 0. The molecule has 4 unspecified atom stereocenters. The molecular formula is C18H33N5O7. The highest BCUT2D eigenvalue weighted by molar-refractivity contribution is 5.95. The zero-order chi connectivity index (χ0) is 23.6. The first kappa shape index (κ1) is 27.3. The summed E-state index contributed by atoms with van der Waals surface area (Å²) in [7, 11) is 0. The van der Waals surface area contributed by atoms with Crippen molar-refractivity contribution in [3.63, 3.8) is 0 Å². The highest BCUT2D eigenvalue weighted by Gasteiger charge is 2.31. The largest absolute Gasteiger partial charge is 0.480 e. The molecule has 0 aromatic heterocycles. The standard InChI is InChI=1S/C18H33N5O7/c1-8(2)5-11(21-15(26)10(19)6-13(20)25)16(27)22-12(7-24)17(28)23-14(9(3)4)18(29)30/h8-12,14,24H,5-7,19H2,1-4H3,(H2,20,25)(H,21,26)(H,22,27)(H,23,28)(H,29,30). The number of carboxylic acids is 1. The van der Waals surface area contributed by atoms with Crippen molar-refractivity contribution in [2.24, 2.45) is 23.3 Å². The van der Waals surface area contributed by atoms with Gasteiger partial charge in [-0.1, -0.05) is 27.7 Å². The first-order valence-electron chi connectivity index (χ1n) is 9.58. The van der Waals surface area contributed by atoms with Crippen LogP contribution in [0.25, 0.3) is 0 Å². The van der Waals surface area contributed by atoms with Crippen LogP contribution in [-0.2, 0) is 24.0 Å². The van der Waals surface area contributed by atoms with Crippen molar-refractivity contribution in [1.29, 1.82) is 0 Å². The van der Waals surface area contributed by atoms with Crippen molar-refractivity contribution in [3.8, 4) is 0 Å². The first-order valence-corrected chi connectivity index (χ1v) is 9.58. The lowest BCUT2D eigenvalue weighted by Gasteiger charge is -2.25. The van der Waals surface area contributed by atoms with Crippen molar-refractivity contribution in [1.82, 2.24) is 16.0 Å². The Morgan fingerprint density at radius 1 is 0.867 bits per heavy atom. The van der Waals surface area contributed by atoms with E-state index in [0.717, 1.165) is 0 Å². The average Bonchev–Trinajstić information content (AvgIpc) is 2.61. The quantitative estimate of drug-likeness (QED) is 0.164. The second-order valence-electron chi connectivity index (χ2n) is 7.78. The van der Waals surface area contributed by atoms with Crippen LogP contribution < -0.4 is 27.4 Å². The average molecular weight is 431 g/mol. The van der Waals surface area contributed by atoms with E-state index in [0.29, 0.717) is 0 Å². The van der Waals surface area contributed by atoms with Crippen LogP contribution in [0.5, 0.6) is 0 Å². The van der Waals surface area contributed by atoms with E-state index < -0.39 is 72.7 Å². The van der Waals surface area contributed by atoms with Crippen LogP contribution >= 0.6 is 0 Å². The summed E-state index contributed by atoms with van der Waals surface area (Å²) >= 11 is 0. The lowest BCUT2D eigenvalue weighted by Crippen LogP contribution is -2.58. The van der Waals surface area contributed by atoms with Crippen LogP contribution in [-0.4, -0.2) is 70.6 Å². The summed E-state index contributed by atoms with van der Waals surface area (Å²) in [5.74, 6) is -4.92. The molecule has 172 valence electrons. The first-order chi connectivity index (χ1) is 13.8. The maximum absolute atomic E-state index is 12.6. The second-order valence-corrected chi connectivity index (χ2v) is 7.78. The lowest BCUT2D eigenvalue weighted by atomic mass is 10.0. The van der Waals surface area contributed by atoms with Gasteiger partial charge in [-0.25, -0.2) is 4.79 Å². The molecule has 0 spiro atoms. The minimum Gasteiger partial charge on any atom is -0.480 e. The van der Waals surface area contributed by atoms with E-state index in [9.17, 15) is 34.2 Å². The molecule has 0 aliphatic rings. The van der Waals surface area contributed by atoms with E-state index in [4.69, 9.17) is 11.5 Å². The van der Waals surface area contributed by atoms with Gasteiger partial charge in [0.15, 0.2) is 0 Å². The van der Waals surface area contributed by atoms with Gasteiger partial charge in [-0.05, 0) is 18.3 Å². The molecule has 0 bridgehead atoms. The molecule has 0 aromatic rings. The predicted octanol–water partition coefficient (Wildman–Crippen LogP) is -2.58. The molecule has 0 aliphatic heterocycles. The summed E-state index contributed by atoms with van der Waals surface area (Å²) in [5.41, 5.74) is 10.6. The fourth-order valence-corrected chi connectivity index (χ4v) is 2.52. The monoisotopic (exact) mass is 431 g/mol. The van der Waals surface area contributed by atoms with Gasteiger partial charge in [0.2, 0.25) is 23.6 Å². The lowest BCUT2D eigenvalue weighted by molar-refractivity contribution is -0.143. The van der Waals surface area contributed by atoms with E-state index in [1.54, 1.807) is 27.7 Å². The van der Waals surface area contributed by atoms with Crippen LogP contribution in [0.3, 0.4) is 0 Å². The fourth-order valence-electron chi connectivity index (χ4n) is 2.52. The number of aliphatic hydroxyl groups excluding tert-OH is 1. The van der Waals surface area contributed by atoms with Crippen LogP contribution in [0, 0.1) is 11.8 Å². The zero-order valence-electron chi connectivity index (χ0n) is 17.7. The smallest absolute Gasteiger partial charge is 0.326 e. The third-order valence-corrected chi connectivity index (χ3v) is 4.14. The van der Waals surface area contributed by atoms with Gasteiger partial charge in [0.25, 0.3) is 0 Å². The van der Waals surface area contributed by atoms with Gasteiger partial charge in [-0.2, -0.15) is 0 Å². The number of nitrogens with two attached hydrogens (primary N) is 2. The van der Waals surface area contributed by atoms with E-state index >= 15 is 0 Å². The van der Waals surface area contributed by atoms with Crippen LogP contribution in [0.1, 0.15) is 40.5 Å². The van der Waals surface area contributed by atoms with Gasteiger partial charge in [0.05, 0.1) is 19.1 Å². The van der Waals surface area contributed by atoms with Gasteiger partial charge >= 0.3 is 5.97 Å². The summed E-state index contributed by atoms with van der Waals surface area (Å²) in [6.07, 6.45) is -0.223. The summed E-state index contributed by atoms with van der Waals surface area (Å²) in [6, 6.07) is -4.98. The molecule has 0 heterocycles. The molecule has 0 fully saturated rings. The highest BCUT2D eigenvalue weighted by Crippen LogP contribution is 2.07. The number of amides is 4. The van der Waals surface area contributed by atoms with Crippen molar-refractivity contribution in [2.45, 2.75) is 64.7 Å². The number of carbonyl (C=O) groups excluding carboxylic acids is 4. The maximum Gasteiger partial charge on any atom is 0.326 e. The Balaban J connectivity index is 5.25. The molecule has 0 saturated carbocycles. The van der Waals surface area contributed by atoms with E-state index in [1.807, 2.05) is 0 Å². The van der Waals surface area contributed by atoms with Crippen molar-refractivity contribution < 1.29 is 34.2 Å². The van der Waals surface area contributed by atoms with E-state index in [-0.39, 0.29) is 12.3 Å². The number of carbonyl (C=O) groups is 5. The van der Waals surface area contributed by atoms with Crippen LogP contribution in [0.4, 0.5) is 0 Å². The molecule has 0 aromatic carbocycles. The number of primary amides is 1. The molecule has 4 amide bonds. The van der Waals surface area contributed by atoms with Crippen LogP contribution in [0.2, 0.25) is 0 Å². The van der Waals surface area contributed by atoms with E-state index in [1.165, 1.54) is 0 Å². The number of hydrogen-bond donors (Lipinski definition) is 7. The zero-order valence-corrected chi connectivity index (χ0v) is 17.7. The molecule has 12 heteroatoms. The Bertz CT molecular complexity index is 638. The number of carboxylic acid groups (broad SMARTS) is 1. The van der Waals surface area contributed by atoms with Gasteiger partial charge in [-0.15, -0.1) is 0 Å². The number of aliphatic hydroxyl groups is 1. The summed E-state index contributed by atoms with van der Waals surface area (Å²) in [6.45, 7) is 5.99. The van der Waals surface area contributed by atoms with Gasteiger partial charge in [0, 0.05) is 0 Å². The molecule has 0 radical (unpaired) electrons. The maximum atomic E-state index is 12.6. The number of nitrogens with one attached hydrogen (secondary N) is 3. The van der Waals surface area contributed by atoms with Crippen molar-refractivity contribution in [3.05, 3.63) is 0 Å². The minimum atomic E-state index is -1.43. The summed E-state index contributed by atoms with van der Waals surface area (Å²) in [5, 5.41) is 25.6. The van der Waals surface area contributed by atoms with Gasteiger partial charge in [-0.3, -0.25) is 19.2 Å². The number of aliphatic carboxylic acids is 1. The molecule has 9 N–H and O–H groups in total. The Morgan fingerprint density at radius 2 is 1.37 bits per heavy atom. The molecule has 0 saturated heterocycles. The van der Waals surface area contributed by atoms with Crippen LogP contribution in [0.15, 0.2) is 0 Å². The summed E-state index contributed by atoms with van der Waals surface area (Å²) in [4.78, 5) is 59.2. The SMILES string of the molecule is CC(C)CC(NC(=O)C(N)CC(N)=O)C(=O)NC(CO)C(=O)NC(C(=O)O)C(C)C.